The lowest BCUT2D eigenvalue weighted by atomic mass is 9.95. The third-order valence-corrected chi connectivity index (χ3v) is 7.34. The SMILES string of the molecule is CCc1ccc2nc(N3C(=O)C(O)=C(C(=O)c4cccs4)[C@H]3c3ccccc3F)sc2c1. The summed E-state index contributed by atoms with van der Waals surface area (Å²) in [6.45, 7) is 2.05. The molecule has 0 aliphatic carbocycles. The average Bonchev–Trinajstić information content (AvgIpc) is 3.52. The van der Waals surface area contributed by atoms with E-state index < -0.39 is 29.3 Å². The molecule has 0 bridgehead atoms. The van der Waals surface area contributed by atoms with E-state index in [0.717, 1.165) is 16.7 Å². The van der Waals surface area contributed by atoms with Crippen molar-refractivity contribution in [3.05, 3.63) is 93.1 Å². The molecule has 0 spiro atoms. The van der Waals surface area contributed by atoms with Crippen molar-refractivity contribution in [2.75, 3.05) is 4.90 Å². The number of rotatable bonds is 5. The molecule has 160 valence electrons. The van der Waals surface area contributed by atoms with E-state index in [1.807, 2.05) is 25.1 Å². The smallest absolute Gasteiger partial charge is 0.296 e. The second-order valence-electron chi connectivity index (χ2n) is 7.32. The largest absolute Gasteiger partial charge is 0.503 e. The minimum absolute atomic E-state index is 0.123. The first kappa shape index (κ1) is 20.5. The average molecular weight is 465 g/mol. The van der Waals surface area contributed by atoms with Crippen molar-refractivity contribution in [1.29, 1.82) is 0 Å². The van der Waals surface area contributed by atoms with E-state index in [1.54, 1.807) is 23.6 Å². The topological polar surface area (TPSA) is 70.5 Å². The van der Waals surface area contributed by atoms with Gasteiger partial charge in [0, 0.05) is 5.56 Å². The number of Topliss-reactive ketones (excluding diaryl/α,β-unsaturated/α-hetero) is 1. The number of ketones is 1. The van der Waals surface area contributed by atoms with Crippen LogP contribution in [-0.2, 0) is 11.2 Å². The summed E-state index contributed by atoms with van der Waals surface area (Å²) in [6.07, 6.45) is 0.853. The van der Waals surface area contributed by atoms with E-state index in [0.29, 0.717) is 15.5 Å². The molecule has 3 heterocycles. The number of carbonyl (C=O) groups is 2. The highest BCUT2D eigenvalue weighted by molar-refractivity contribution is 7.22. The minimum atomic E-state index is -1.12. The molecule has 2 aromatic carbocycles. The van der Waals surface area contributed by atoms with Gasteiger partial charge in [0.05, 0.1) is 20.7 Å². The Labute approximate surface area is 191 Å². The Morgan fingerprint density at radius 2 is 2.00 bits per heavy atom. The Morgan fingerprint density at radius 1 is 1.19 bits per heavy atom. The van der Waals surface area contributed by atoms with Crippen molar-refractivity contribution in [3.63, 3.8) is 0 Å². The molecule has 1 atom stereocenters. The summed E-state index contributed by atoms with van der Waals surface area (Å²) in [5, 5.41) is 12.8. The van der Waals surface area contributed by atoms with Crippen molar-refractivity contribution in [2.45, 2.75) is 19.4 Å². The number of aromatic nitrogens is 1. The Morgan fingerprint density at radius 3 is 2.72 bits per heavy atom. The normalized spacial score (nSPS) is 16.4. The van der Waals surface area contributed by atoms with Crippen molar-refractivity contribution < 1.29 is 19.1 Å². The predicted molar refractivity (Wildman–Crippen MR) is 124 cm³/mol. The molecule has 1 aliphatic heterocycles. The molecular weight excluding hydrogens is 447 g/mol. The molecule has 1 aliphatic rings. The third kappa shape index (κ3) is 3.23. The molecule has 1 N–H and O–H groups in total. The molecule has 0 radical (unpaired) electrons. The van der Waals surface area contributed by atoms with Crippen LogP contribution in [0.15, 0.2) is 71.3 Å². The Hall–Kier alpha value is -3.36. The van der Waals surface area contributed by atoms with Crippen LogP contribution in [0.5, 0.6) is 0 Å². The highest BCUT2D eigenvalue weighted by Gasteiger charge is 2.47. The molecule has 0 unspecified atom stereocenters. The molecule has 32 heavy (non-hydrogen) atoms. The molecule has 1 amide bonds. The second-order valence-corrected chi connectivity index (χ2v) is 9.28. The number of thiophene rings is 1. The summed E-state index contributed by atoms with van der Waals surface area (Å²) in [6, 6.07) is 14.0. The van der Waals surface area contributed by atoms with Gasteiger partial charge in [0.15, 0.2) is 10.9 Å². The number of aliphatic hydroxyl groups is 1. The van der Waals surface area contributed by atoms with Gasteiger partial charge in [-0.3, -0.25) is 14.5 Å². The molecule has 0 saturated carbocycles. The molecule has 8 heteroatoms. The fourth-order valence-electron chi connectivity index (χ4n) is 3.85. The van der Waals surface area contributed by atoms with Crippen LogP contribution in [0.3, 0.4) is 0 Å². The summed E-state index contributed by atoms with van der Waals surface area (Å²) in [4.78, 5) is 32.6. The van der Waals surface area contributed by atoms with E-state index in [4.69, 9.17) is 0 Å². The first-order chi connectivity index (χ1) is 15.5. The van der Waals surface area contributed by atoms with Crippen LogP contribution in [0.1, 0.15) is 33.8 Å². The van der Waals surface area contributed by atoms with Crippen LogP contribution >= 0.6 is 22.7 Å². The van der Waals surface area contributed by atoms with Gasteiger partial charge in [-0.2, -0.15) is 0 Å². The maximum absolute atomic E-state index is 14.9. The fourth-order valence-corrected chi connectivity index (χ4v) is 5.58. The first-order valence-corrected chi connectivity index (χ1v) is 11.7. The van der Waals surface area contributed by atoms with Gasteiger partial charge in [-0.05, 0) is 41.6 Å². The highest BCUT2D eigenvalue weighted by atomic mass is 32.1. The molecule has 2 aromatic heterocycles. The molecule has 5 nitrogen and oxygen atoms in total. The molecule has 0 saturated heterocycles. The van der Waals surface area contributed by atoms with E-state index >= 15 is 0 Å². The fraction of sp³-hybridized carbons (Fsp3) is 0.125. The second kappa shape index (κ2) is 7.96. The van der Waals surface area contributed by atoms with Crippen molar-refractivity contribution in [3.8, 4) is 0 Å². The first-order valence-electron chi connectivity index (χ1n) is 9.98. The van der Waals surface area contributed by atoms with Gasteiger partial charge in [0.2, 0.25) is 5.78 Å². The highest BCUT2D eigenvalue weighted by Crippen LogP contribution is 2.45. The quantitative estimate of drug-likeness (QED) is 0.377. The van der Waals surface area contributed by atoms with Crippen molar-refractivity contribution in [2.24, 2.45) is 0 Å². The number of hydrogen-bond donors (Lipinski definition) is 1. The summed E-state index contributed by atoms with van der Waals surface area (Å²) in [5.41, 5.74) is 1.80. The van der Waals surface area contributed by atoms with Crippen LogP contribution in [0.25, 0.3) is 10.2 Å². The monoisotopic (exact) mass is 464 g/mol. The number of benzene rings is 2. The number of anilines is 1. The summed E-state index contributed by atoms with van der Waals surface area (Å²) in [7, 11) is 0. The number of aliphatic hydroxyl groups excluding tert-OH is 1. The van der Waals surface area contributed by atoms with Gasteiger partial charge in [-0.15, -0.1) is 11.3 Å². The number of nitrogens with zero attached hydrogens (tertiary/aromatic N) is 2. The van der Waals surface area contributed by atoms with E-state index in [1.165, 1.54) is 45.8 Å². The van der Waals surface area contributed by atoms with Crippen LogP contribution in [0.4, 0.5) is 9.52 Å². The van der Waals surface area contributed by atoms with Gasteiger partial charge in [0.25, 0.3) is 5.91 Å². The van der Waals surface area contributed by atoms with E-state index in [2.05, 4.69) is 4.98 Å². The minimum Gasteiger partial charge on any atom is -0.503 e. The number of thiazole rings is 1. The number of aryl methyl sites for hydroxylation is 1. The van der Waals surface area contributed by atoms with E-state index in [9.17, 15) is 19.1 Å². The molecule has 5 rings (SSSR count). The van der Waals surface area contributed by atoms with Crippen LogP contribution in [0.2, 0.25) is 0 Å². The van der Waals surface area contributed by atoms with Crippen LogP contribution < -0.4 is 4.90 Å². The molecule has 0 fully saturated rings. The summed E-state index contributed by atoms with van der Waals surface area (Å²) >= 11 is 2.47. The zero-order valence-corrected chi connectivity index (χ0v) is 18.5. The predicted octanol–water partition coefficient (Wildman–Crippen LogP) is 5.84. The molecule has 4 aromatic rings. The zero-order chi connectivity index (χ0) is 22.4. The lowest BCUT2D eigenvalue weighted by Gasteiger charge is -2.24. The maximum atomic E-state index is 14.9. The van der Waals surface area contributed by atoms with E-state index in [-0.39, 0.29) is 11.1 Å². The number of halogens is 1. The standard InChI is InChI=1S/C24H17FN2O3S2/c1-2-13-9-10-16-18(12-13)32-24(26-16)27-20(14-6-3-4-7-15(14)25)19(22(29)23(27)30)21(28)17-8-5-11-31-17/h3-12,20,29H,2H2,1H3/t20-/m1/s1. The van der Waals surface area contributed by atoms with Gasteiger partial charge in [0.1, 0.15) is 11.9 Å². The van der Waals surface area contributed by atoms with Gasteiger partial charge >= 0.3 is 0 Å². The number of hydrogen-bond acceptors (Lipinski definition) is 6. The number of carbonyl (C=O) groups excluding carboxylic acids is 2. The summed E-state index contributed by atoms with van der Waals surface area (Å²) < 4.78 is 15.8. The number of fused-ring (bicyclic) bond motifs is 1. The van der Waals surface area contributed by atoms with Gasteiger partial charge in [-0.25, -0.2) is 9.37 Å². The van der Waals surface area contributed by atoms with Crippen LogP contribution in [-0.4, -0.2) is 21.8 Å². The van der Waals surface area contributed by atoms with Crippen molar-refractivity contribution in [1.82, 2.24) is 4.98 Å². The van der Waals surface area contributed by atoms with Crippen molar-refractivity contribution >= 4 is 49.7 Å². The zero-order valence-electron chi connectivity index (χ0n) is 16.9. The summed E-state index contributed by atoms with van der Waals surface area (Å²) in [5.74, 6) is -2.52. The van der Waals surface area contributed by atoms with Gasteiger partial charge < -0.3 is 5.11 Å². The lowest BCUT2D eigenvalue weighted by molar-refractivity contribution is -0.117. The Bertz CT molecular complexity index is 1390. The number of amides is 1. The maximum Gasteiger partial charge on any atom is 0.296 e. The third-order valence-electron chi connectivity index (χ3n) is 5.45. The Kier molecular flexibility index (Phi) is 5.11. The van der Waals surface area contributed by atoms with Crippen LogP contribution in [0, 0.1) is 5.82 Å². The van der Waals surface area contributed by atoms with Gasteiger partial charge in [-0.1, -0.05) is 48.6 Å². The Balaban J connectivity index is 1.69. The molecular formula is C24H17FN2O3S2. The lowest BCUT2D eigenvalue weighted by Crippen LogP contribution is -2.31.